The number of carbonyl (C=O) groups excluding carboxylic acids is 1. The van der Waals surface area contributed by atoms with Crippen LogP contribution in [0, 0.1) is 22.0 Å². The SMILES string of the molecule is CC(C)CC(CN)CC(=O)Nc1cc([N+](=O)[O-])ccc1Br. The number of nitrogens with two attached hydrogens (primary N) is 1. The van der Waals surface area contributed by atoms with E-state index >= 15 is 0 Å². The van der Waals surface area contributed by atoms with Crippen molar-refractivity contribution in [3.63, 3.8) is 0 Å². The standard InChI is InChI=1S/C14H20BrN3O3/c1-9(2)5-10(8-16)6-14(19)17-13-7-11(18(20)21)3-4-12(13)15/h3-4,7,9-10H,5-6,8,16H2,1-2H3,(H,17,19). The fourth-order valence-corrected chi connectivity index (χ4v) is 2.46. The van der Waals surface area contributed by atoms with E-state index in [4.69, 9.17) is 5.73 Å². The van der Waals surface area contributed by atoms with Crippen LogP contribution in [0.2, 0.25) is 0 Å². The predicted octanol–water partition coefficient (Wildman–Crippen LogP) is 3.31. The fourth-order valence-electron chi connectivity index (χ4n) is 2.12. The molecule has 1 aromatic carbocycles. The topological polar surface area (TPSA) is 98.3 Å². The van der Waals surface area contributed by atoms with Gasteiger partial charge in [0.1, 0.15) is 0 Å². The third-order valence-corrected chi connectivity index (χ3v) is 3.74. The van der Waals surface area contributed by atoms with Gasteiger partial charge in [0.05, 0.1) is 10.6 Å². The number of benzene rings is 1. The maximum absolute atomic E-state index is 12.0. The van der Waals surface area contributed by atoms with Gasteiger partial charge in [0.25, 0.3) is 5.69 Å². The largest absolute Gasteiger partial charge is 0.330 e. The van der Waals surface area contributed by atoms with Crippen molar-refractivity contribution in [3.05, 3.63) is 32.8 Å². The van der Waals surface area contributed by atoms with Gasteiger partial charge in [-0.25, -0.2) is 0 Å². The highest BCUT2D eigenvalue weighted by atomic mass is 79.9. The van der Waals surface area contributed by atoms with Gasteiger partial charge in [-0.2, -0.15) is 0 Å². The predicted molar refractivity (Wildman–Crippen MR) is 86.0 cm³/mol. The Morgan fingerprint density at radius 2 is 2.14 bits per heavy atom. The normalized spacial score (nSPS) is 12.2. The molecule has 0 aliphatic carbocycles. The van der Waals surface area contributed by atoms with Crippen molar-refractivity contribution >= 4 is 33.2 Å². The lowest BCUT2D eigenvalue weighted by atomic mass is 9.94. The summed E-state index contributed by atoms with van der Waals surface area (Å²) in [5.41, 5.74) is 6.01. The maximum atomic E-state index is 12.0. The molecule has 0 aromatic heterocycles. The van der Waals surface area contributed by atoms with Crippen molar-refractivity contribution in [3.8, 4) is 0 Å². The smallest absolute Gasteiger partial charge is 0.271 e. The molecule has 6 nitrogen and oxygen atoms in total. The number of carbonyl (C=O) groups is 1. The number of anilines is 1. The molecule has 0 saturated heterocycles. The van der Waals surface area contributed by atoms with Crippen LogP contribution in [0.15, 0.2) is 22.7 Å². The lowest BCUT2D eigenvalue weighted by Gasteiger charge is -2.16. The van der Waals surface area contributed by atoms with E-state index in [2.05, 4.69) is 35.1 Å². The molecule has 0 heterocycles. The minimum atomic E-state index is -0.496. The average molecular weight is 358 g/mol. The number of nitrogens with zero attached hydrogens (tertiary/aromatic N) is 1. The first-order chi connectivity index (χ1) is 9.83. The van der Waals surface area contributed by atoms with Gasteiger partial charge >= 0.3 is 0 Å². The van der Waals surface area contributed by atoms with E-state index in [1.165, 1.54) is 12.1 Å². The summed E-state index contributed by atoms with van der Waals surface area (Å²) in [5.74, 6) is 0.394. The molecular weight excluding hydrogens is 338 g/mol. The van der Waals surface area contributed by atoms with Crippen LogP contribution in [0.1, 0.15) is 26.7 Å². The molecule has 7 heteroatoms. The second-order valence-electron chi connectivity index (χ2n) is 5.40. The van der Waals surface area contributed by atoms with Gasteiger partial charge in [-0.05, 0) is 46.8 Å². The molecule has 1 rings (SSSR count). The highest BCUT2D eigenvalue weighted by Crippen LogP contribution is 2.27. The molecule has 1 aromatic rings. The molecule has 0 spiro atoms. The quantitative estimate of drug-likeness (QED) is 0.577. The van der Waals surface area contributed by atoms with E-state index in [1.807, 2.05) is 0 Å². The molecule has 0 aliphatic rings. The summed E-state index contributed by atoms with van der Waals surface area (Å²) in [6, 6.07) is 4.26. The second kappa shape index (κ2) is 8.09. The Balaban J connectivity index is 2.74. The zero-order valence-corrected chi connectivity index (χ0v) is 13.7. The number of non-ortho nitro benzene ring substituents is 1. The van der Waals surface area contributed by atoms with Gasteiger partial charge in [0, 0.05) is 23.0 Å². The van der Waals surface area contributed by atoms with Crippen LogP contribution in [0.3, 0.4) is 0 Å². The summed E-state index contributed by atoms with van der Waals surface area (Å²) in [5, 5.41) is 13.5. The molecule has 116 valence electrons. The van der Waals surface area contributed by atoms with Gasteiger partial charge in [-0.15, -0.1) is 0 Å². The number of amides is 1. The summed E-state index contributed by atoms with van der Waals surface area (Å²) in [6.07, 6.45) is 1.18. The summed E-state index contributed by atoms with van der Waals surface area (Å²) < 4.78 is 0.606. The van der Waals surface area contributed by atoms with E-state index in [-0.39, 0.29) is 17.5 Å². The monoisotopic (exact) mass is 357 g/mol. The zero-order chi connectivity index (χ0) is 16.0. The first-order valence-electron chi connectivity index (χ1n) is 6.77. The molecule has 0 bridgehead atoms. The number of halogens is 1. The second-order valence-corrected chi connectivity index (χ2v) is 6.26. The highest BCUT2D eigenvalue weighted by molar-refractivity contribution is 9.10. The van der Waals surface area contributed by atoms with Gasteiger partial charge in [0.2, 0.25) is 5.91 Å². The number of hydrogen-bond acceptors (Lipinski definition) is 4. The molecule has 3 N–H and O–H groups in total. The van der Waals surface area contributed by atoms with Crippen LogP contribution in [0.4, 0.5) is 11.4 Å². The van der Waals surface area contributed by atoms with Gasteiger partial charge < -0.3 is 11.1 Å². The van der Waals surface area contributed by atoms with Crippen molar-refractivity contribution in [2.24, 2.45) is 17.6 Å². The molecule has 1 amide bonds. The molecule has 0 saturated carbocycles. The number of nitrogens with one attached hydrogen (secondary N) is 1. The fraction of sp³-hybridized carbons (Fsp3) is 0.500. The highest BCUT2D eigenvalue weighted by Gasteiger charge is 2.16. The van der Waals surface area contributed by atoms with Crippen molar-refractivity contribution in [2.45, 2.75) is 26.7 Å². The van der Waals surface area contributed by atoms with E-state index in [0.29, 0.717) is 29.0 Å². The third-order valence-electron chi connectivity index (χ3n) is 3.05. The van der Waals surface area contributed by atoms with E-state index in [0.717, 1.165) is 6.42 Å². The Labute approximate surface area is 132 Å². The third kappa shape index (κ3) is 5.81. The number of rotatable bonds is 7. The summed E-state index contributed by atoms with van der Waals surface area (Å²) in [4.78, 5) is 22.3. The molecule has 1 atom stereocenters. The minimum absolute atomic E-state index is 0.0638. The van der Waals surface area contributed by atoms with Gasteiger partial charge in [0.15, 0.2) is 0 Å². The number of nitro benzene ring substituents is 1. The van der Waals surface area contributed by atoms with Crippen LogP contribution in [-0.4, -0.2) is 17.4 Å². The lowest BCUT2D eigenvalue weighted by molar-refractivity contribution is -0.384. The van der Waals surface area contributed by atoms with Crippen LogP contribution in [-0.2, 0) is 4.79 Å². The van der Waals surface area contributed by atoms with Crippen LogP contribution >= 0.6 is 15.9 Å². The lowest BCUT2D eigenvalue weighted by Crippen LogP contribution is -2.23. The maximum Gasteiger partial charge on any atom is 0.271 e. The van der Waals surface area contributed by atoms with Crippen molar-refractivity contribution < 1.29 is 9.72 Å². The Hall–Kier alpha value is -1.47. The molecular formula is C14H20BrN3O3. The van der Waals surface area contributed by atoms with Gasteiger partial charge in [-0.1, -0.05) is 13.8 Å². The Morgan fingerprint density at radius 1 is 1.48 bits per heavy atom. The molecule has 0 aliphatic heterocycles. The first kappa shape index (κ1) is 17.6. The van der Waals surface area contributed by atoms with Gasteiger partial charge in [-0.3, -0.25) is 14.9 Å². The molecule has 1 unspecified atom stereocenters. The minimum Gasteiger partial charge on any atom is -0.330 e. The molecule has 0 fully saturated rings. The zero-order valence-electron chi connectivity index (χ0n) is 12.1. The van der Waals surface area contributed by atoms with Crippen molar-refractivity contribution in [1.82, 2.24) is 0 Å². The summed E-state index contributed by atoms with van der Waals surface area (Å²) in [6.45, 7) is 4.61. The Kier molecular flexibility index (Phi) is 6.77. The van der Waals surface area contributed by atoms with Crippen LogP contribution in [0.25, 0.3) is 0 Å². The number of hydrogen-bond donors (Lipinski definition) is 2. The van der Waals surface area contributed by atoms with E-state index < -0.39 is 4.92 Å². The van der Waals surface area contributed by atoms with Crippen molar-refractivity contribution in [1.29, 1.82) is 0 Å². The van der Waals surface area contributed by atoms with Crippen LogP contribution in [0.5, 0.6) is 0 Å². The Bertz CT molecular complexity index is 520. The van der Waals surface area contributed by atoms with Crippen LogP contribution < -0.4 is 11.1 Å². The molecule has 21 heavy (non-hydrogen) atoms. The van der Waals surface area contributed by atoms with E-state index in [1.54, 1.807) is 6.07 Å². The van der Waals surface area contributed by atoms with E-state index in [9.17, 15) is 14.9 Å². The first-order valence-corrected chi connectivity index (χ1v) is 7.56. The average Bonchev–Trinajstić information content (AvgIpc) is 2.39. The summed E-state index contributed by atoms with van der Waals surface area (Å²) >= 11 is 3.27. The number of nitro groups is 1. The summed E-state index contributed by atoms with van der Waals surface area (Å²) in [7, 11) is 0. The molecule has 0 radical (unpaired) electrons. The Morgan fingerprint density at radius 3 is 2.67 bits per heavy atom. The van der Waals surface area contributed by atoms with Crippen molar-refractivity contribution in [2.75, 3.05) is 11.9 Å².